The van der Waals surface area contributed by atoms with Crippen molar-refractivity contribution >= 4 is 0 Å². The normalized spacial score (nSPS) is 13.1. The number of nitrogens with two attached hydrogens (primary N) is 1. The molecule has 0 bridgehead atoms. The van der Waals surface area contributed by atoms with E-state index < -0.39 is 0 Å². The summed E-state index contributed by atoms with van der Waals surface area (Å²) in [6.45, 7) is 6.50. The molecular formula is C13H21N2. The lowest BCUT2D eigenvalue weighted by atomic mass is 10.1. The molecule has 1 radical (unpaired) electrons. The molecule has 1 aromatic rings. The van der Waals surface area contributed by atoms with Gasteiger partial charge >= 0.3 is 0 Å². The van der Waals surface area contributed by atoms with Crippen molar-refractivity contribution in [1.29, 1.82) is 0 Å². The second-order valence-electron chi connectivity index (χ2n) is 3.81. The molecular weight excluding hydrogens is 184 g/mol. The van der Waals surface area contributed by atoms with Crippen molar-refractivity contribution in [3.63, 3.8) is 0 Å². The van der Waals surface area contributed by atoms with E-state index in [1.54, 1.807) is 0 Å². The largest absolute Gasteiger partial charge is 0.312 e. The van der Waals surface area contributed by atoms with Crippen LogP contribution in [0.5, 0.6) is 0 Å². The summed E-state index contributed by atoms with van der Waals surface area (Å²) < 4.78 is 0. The SMILES string of the molecule is CCCN(CCC)C(N)c1cc[c]cc1. The van der Waals surface area contributed by atoms with Crippen LogP contribution in [-0.2, 0) is 0 Å². The van der Waals surface area contributed by atoms with E-state index in [1.807, 2.05) is 24.3 Å². The summed E-state index contributed by atoms with van der Waals surface area (Å²) in [6.07, 6.45) is 2.32. The molecule has 0 saturated heterocycles. The molecule has 0 saturated carbocycles. The van der Waals surface area contributed by atoms with E-state index in [9.17, 15) is 0 Å². The Morgan fingerprint density at radius 2 is 1.73 bits per heavy atom. The molecule has 2 N–H and O–H groups in total. The van der Waals surface area contributed by atoms with E-state index in [-0.39, 0.29) is 6.17 Å². The van der Waals surface area contributed by atoms with Gasteiger partial charge in [0, 0.05) is 0 Å². The molecule has 1 rings (SSSR count). The summed E-state index contributed by atoms with van der Waals surface area (Å²) in [7, 11) is 0. The summed E-state index contributed by atoms with van der Waals surface area (Å²) in [5.41, 5.74) is 7.40. The van der Waals surface area contributed by atoms with Crippen molar-refractivity contribution in [1.82, 2.24) is 4.90 Å². The number of hydrogen-bond donors (Lipinski definition) is 1. The van der Waals surface area contributed by atoms with E-state index in [0.717, 1.165) is 25.9 Å². The Kier molecular flexibility index (Phi) is 5.37. The molecule has 1 unspecified atom stereocenters. The van der Waals surface area contributed by atoms with Crippen LogP contribution in [-0.4, -0.2) is 18.0 Å². The first-order valence-electron chi connectivity index (χ1n) is 5.75. The summed E-state index contributed by atoms with van der Waals surface area (Å²) in [5, 5.41) is 0. The van der Waals surface area contributed by atoms with Crippen LogP contribution in [0.4, 0.5) is 0 Å². The second kappa shape index (κ2) is 6.59. The van der Waals surface area contributed by atoms with Crippen LogP contribution < -0.4 is 5.73 Å². The van der Waals surface area contributed by atoms with Gasteiger partial charge in [-0.2, -0.15) is 0 Å². The van der Waals surface area contributed by atoms with Gasteiger partial charge in [-0.3, -0.25) is 4.90 Å². The first-order chi connectivity index (χ1) is 7.29. The minimum Gasteiger partial charge on any atom is -0.312 e. The maximum absolute atomic E-state index is 6.22. The third kappa shape index (κ3) is 3.65. The highest BCUT2D eigenvalue weighted by atomic mass is 15.2. The van der Waals surface area contributed by atoms with Gasteiger partial charge < -0.3 is 5.73 Å². The van der Waals surface area contributed by atoms with Crippen molar-refractivity contribution in [2.45, 2.75) is 32.9 Å². The van der Waals surface area contributed by atoms with Crippen molar-refractivity contribution in [3.05, 3.63) is 35.9 Å². The smallest absolute Gasteiger partial charge is 0.0835 e. The third-order valence-electron chi connectivity index (χ3n) is 2.50. The van der Waals surface area contributed by atoms with E-state index in [0.29, 0.717) is 0 Å². The quantitative estimate of drug-likeness (QED) is 0.723. The molecule has 0 spiro atoms. The van der Waals surface area contributed by atoms with Gasteiger partial charge in [0.1, 0.15) is 0 Å². The lowest BCUT2D eigenvalue weighted by molar-refractivity contribution is 0.202. The fourth-order valence-corrected chi connectivity index (χ4v) is 1.77. The van der Waals surface area contributed by atoms with Crippen LogP contribution in [0.15, 0.2) is 24.3 Å². The molecule has 0 aliphatic carbocycles. The number of nitrogens with zero attached hydrogens (tertiary/aromatic N) is 1. The molecule has 0 heterocycles. The summed E-state index contributed by atoms with van der Waals surface area (Å²) in [6, 6.07) is 10.9. The zero-order valence-corrected chi connectivity index (χ0v) is 9.74. The Balaban J connectivity index is 2.67. The zero-order chi connectivity index (χ0) is 11.1. The standard InChI is InChI=1S/C13H21N2/c1-3-10-15(11-4-2)13(14)12-8-6-5-7-9-12/h6-9,13H,3-4,10-11,14H2,1-2H3. The Labute approximate surface area is 93.1 Å². The van der Waals surface area contributed by atoms with E-state index in [1.165, 1.54) is 5.56 Å². The number of hydrogen-bond acceptors (Lipinski definition) is 2. The first-order valence-corrected chi connectivity index (χ1v) is 5.75. The lowest BCUT2D eigenvalue weighted by Gasteiger charge is -2.28. The monoisotopic (exact) mass is 205 g/mol. The molecule has 0 amide bonds. The van der Waals surface area contributed by atoms with Crippen molar-refractivity contribution in [3.8, 4) is 0 Å². The van der Waals surface area contributed by atoms with E-state index in [4.69, 9.17) is 5.73 Å². The highest BCUT2D eigenvalue weighted by Crippen LogP contribution is 2.15. The van der Waals surface area contributed by atoms with E-state index in [2.05, 4.69) is 24.8 Å². The molecule has 2 nitrogen and oxygen atoms in total. The zero-order valence-electron chi connectivity index (χ0n) is 9.74. The summed E-state index contributed by atoms with van der Waals surface area (Å²) in [4.78, 5) is 2.33. The molecule has 15 heavy (non-hydrogen) atoms. The van der Waals surface area contributed by atoms with Crippen molar-refractivity contribution in [2.75, 3.05) is 13.1 Å². The van der Waals surface area contributed by atoms with Gasteiger partial charge in [0.2, 0.25) is 0 Å². The van der Waals surface area contributed by atoms with Crippen LogP contribution in [0.2, 0.25) is 0 Å². The molecule has 1 atom stereocenters. The van der Waals surface area contributed by atoms with Crippen LogP contribution in [0, 0.1) is 6.07 Å². The maximum Gasteiger partial charge on any atom is 0.0835 e. The van der Waals surface area contributed by atoms with Crippen LogP contribution in [0.1, 0.15) is 38.4 Å². The fourth-order valence-electron chi connectivity index (χ4n) is 1.77. The van der Waals surface area contributed by atoms with Crippen molar-refractivity contribution < 1.29 is 0 Å². The maximum atomic E-state index is 6.22. The minimum absolute atomic E-state index is 0.0273. The molecule has 0 fully saturated rings. The van der Waals surface area contributed by atoms with Gasteiger partial charge in [0.25, 0.3) is 0 Å². The lowest BCUT2D eigenvalue weighted by Crippen LogP contribution is -2.35. The first kappa shape index (κ1) is 12.2. The molecule has 83 valence electrons. The van der Waals surface area contributed by atoms with Gasteiger partial charge in [-0.1, -0.05) is 38.1 Å². The highest BCUT2D eigenvalue weighted by molar-refractivity contribution is 5.17. The third-order valence-corrected chi connectivity index (χ3v) is 2.50. The predicted molar refractivity (Wildman–Crippen MR) is 64.4 cm³/mol. The van der Waals surface area contributed by atoms with E-state index >= 15 is 0 Å². The topological polar surface area (TPSA) is 29.3 Å². The molecule has 1 aromatic carbocycles. The van der Waals surface area contributed by atoms with Gasteiger partial charge in [-0.15, -0.1) is 0 Å². The second-order valence-corrected chi connectivity index (χ2v) is 3.81. The van der Waals surface area contributed by atoms with Gasteiger partial charge in [0.05, 0.1) is 6.17 Å². The summed E-state index contributed by atoms with van der Waals surface area (Å²) >= 11 is 0. The molecule has 0 aromatic heterocycles. The fraction of sp³-hybridized carbons (Fsp3) is 0.538. The number of benzene rings is 1. The van der Waals surface area contributed by atoms with Crippen LogP contribution >= 0.6 is 0 Å². The average molecular weight is 205 g/mol. The minimum atomic E-state index is 0.0273. The Morgan fingerprint density at radius 1 is 1.20 bits per heavy atom. The molecule has 0 aliphatic heterocycles. The molecule has 0 aliphatic rings. The van der Waals surface area contributed by atoms with Crippen molar-refractivity contribution in [2.24, 2.45) is 5.73 Å². The van der Waals surface area contributed by atoms with Gasteiger partial charge in [-0.05, 0) is 37.6 Å². The predicted octanol–water partition coefficient (Wildman–Crippen LogP) is 2.57. The van der Waals surface area contributed by atoms with Crippen LogP contribution in [0.3, 0.4) is 0 Å². The summed E-state index contributed by atoms with van der Waals surface area (Å²) in [5.74, 6) is 0. The Bertz CT molecular complexity index is 252. The van der Waals surface area contributed by atoms with Gasteiger partial charge in [-0.25, -0.2) is 0 Å². The van der Waals surface area contributed by atoms with Crippen LogP contribution in [0.25, 0.3) is 0 Å². The number of rotatable bonds is 6. The average Bonchev–Trinajstić information content (AvgIpc) is 2.29. The van der Waals surface area contributed by atoms with Gasteiger partial charge in [0.15, 0.2) is 0 Å². The highest BCUT2D eigenvalue weighted by Gasteiger charge is 2.13. The Hall–Kier alpha value is -0.860. The Morgan fingerprint density at radius 3 is 2.20 bits per heavy atom. The molecule has 2 heteroatoms.